The van der Waals surface area contributed by atoms with Crippen molar-refractivity contribution in [3.63, 3.8) is 0 Å². The summed E-state index contributed by atoms with van der Waals surface area (Å²) < 4.78 is 41.5. The molecular weight excluding hydrogens is 536 g/mol. The fraction of sp³-hybridized carbons (Fsp3) is 0.367. The fourth-order valence-corrected chi connectivity index (χ4v) is 6.48. The third kappa shape index (κ3) is 6.40. The molecule has 0 heterocycles. The SMILES string of the molecule is COc1c(NS(=O)(=O)c2ccc(C)c(Cl)c2)ccc(C2(OC(=O)c3ccccc3)CCCCC2)c1CN(C)C. The van der Waals surface area contributed by atoms with Crippen molar-refractivity contribution < 1.29 is 22.7 Å². The van der Waals surface area contributed by atoms with Gasteiger partial charge >= 0.3 is 5.97 Å². The summed E-state index contributed by atoms with van der Waals surface area (Å²) in [6, 6.07) is 17.1. The molecule has 0 bridgehead atoms. The van der Waals surface area contributed by atoms with E-state index in [1.807, 2.05) is 50.2 Å². The van der Waals surface area contributed by atoms with E-state index in [9.17, 15) is 13.2 Å². The highest BCUT2D eigenvalue weighted by molar-refractivity contribution is 7.92. The van der Waals surface area contributed by atoms with Crippen LogP contribution in [0, 0.1) is 6.92 Å². The molecule has 1 aliphatic rings. The summed E-state index contributed by atoms with van der Waals surface area (Å²) in [5.74, 6) is 0.0111. The van der Waals surface area contributed by atoms with Crippen molar-refractivity contribution in [2.24, 2.45) is 0 Å². The molecule has 1 N–H and O–H groups in total. The minimum Gasteiger partial charge on any atom is -0.494 e. The van der Waals surface area contributed by atoms with Gasteiger partial charge in [-0.25, -0.2) is 13.2 Å². The van der Waals surface area contributed by atoms with Crippen LogP contribution in [0.25, 0.3) is 0 Å². The van der Waals surface area contributed by atoms with Gasteiger partial charge in [-0.15, -0.1) is 0 Å². The largest absolute Gasteiger partial charge is 0.494 e. The summed E-state index contributed by atoms with van der Waals surface area (Å²) in [6.07, 6.45) is 4.22. The molecule has 3 aromatic carbocycles. The van der Waals surface area contributed by atoms with E-state index in [2.05, 4.69) is 4.72 Å². The Morgan fingerprint density at radius 2 is 1.72 bits per heavy atom. The standard InChI is InChI=1S/C30H35ClN2O5S/c1-21-13-14-23(19-26(21)31)39(35,36)32-27-16-15-25(24(20-33(2)3)28(27)37-4)30(17-9-6-10-18-30)38-29(34)22-11-7-5-8-12-22/h5,7-8,11-16,19,32H,6,9-10,17-18,20H2,1-4H3. The number of hydrogen-bond acceptors (Lipinski definition) is 6. The van der Waals surface area contributed by atoms with Gasteiger partial charge < -0.3 is 14.4 Å². The number of rotatable bonds is 9. The van der Waals surface area contributed by atoms with Crippen molar-refractivity contribution >= 4 is 33.3 Å². The van der Waals surface area contributed by atoms with Gasteiger partial charge in [-0.2, -0.15) is 0 Å². The van der Waals surface area contributed by atoms with E-state index in [1.165, 1.54) is 19.2 Å². The second-order valence-electron chi connectivity index (χ2n) is 10.2. The third-order valence-electron chi connectivity index (χ3n) is 7.09. The number of carbonyl (C=O) groups is 1. The molecule has 0 radical (unpaired) electrons. The topological polar surface area (TPSA) is 84.9 Å². The number of anilines is 1. The quantitative estimate of drug-likeness (QED) is 0.294. The number of esters is 1. The summed E-state index contributed by atoms with van der Waals surface area (Å²) in [5.41, 5.74) is 2.32. The molecule has 1 aliphatic carbocycles. The van der Waals surface area contributed by atoms with Crippen molar-refractivity contribution in [2.45, 2.75) is 56.1 Å². The number of hydrogen-bond donors (Lipinski definition) is 1. The Labute approximate surface area is 236 Å². The van der Waals surface area contributed by atoms with E-state index in [0.717, 1.165) is 36.0 Å². The van der Waals surface area contributed by atoms with Gasteiger partial charge in [0.15, 0.2) is 0 Å². The maximum atomic E-state index is 13.3. The first-order valence-electron chi connectivity index (χ1n) is 13.0. The minimum atomic E-state index is -3.95. The molecule has 0 unspecified atom stereocenters. The zero-order valence-electron chi connectivity index (χ0n) is 22.8. The highest BCUT2D eigenvalue weighted by Gasteiger charge is 2.41. The molecule has 4 rings (SSSR count). The number of nitrogens with zero attached hydrogens (tertiary/aromatic N) is 1. The lowest BCUT2D eigenvalue weighted by atomic mass is 9.77. The molecule has 39 heavy (non-hydrogen) atoms. The molecule has 7 nitrogen and oxygen atoms in total. The van der Waals surface area contributed by atoms with E-state index in [1.54, 1.807) is 24.3 Å². The molecule has 3 aromatic rings. The van der Waals surface area contributed by atoms with Crippen LogP contribution >= 0.6 is 11.6 Å². The smallest absolute Gasteiger partial charge is 0.339 e. The van der Waals surface area contributed by atoms with Crippen molar-refractivity contribution in [2.75, 3.05) is 25.9 Å². The maximum Gasteiger partial charge on any atom is 0.339 e. The minimum absolute atomic E-state index is 0.0546. The van der Waals surface area contributed by atoms with Crippen LogP contribution in [0.2, 0.25) is 5.02 Å². The number of nitrogens with one attached hydrogen (secondary N) is 1. The Hall–Kier alpha value is -3.07. The summed E-state index contributed by atoms with van der Waals surface area (Å²) >= 11 is 6.21. The third-order valence-corrected chi connectivity index (χ3v) is 8.86. The molecule has 1 fully saturated rings. The highest BCUT2D eigenvalue weighted by Crippen LogP contribution is 2.46. The lowest BCUT2D eigenvalue weighted by molar-refractivity contribution is -0.0424. The lowest BCUT2D eigenvalue weighted by Gasteiger charge is -2.39. The Morgan fingerprint density at radius 3 is 2.33 bits per heavy atom. The highest BCUT2D eigenvalue weighted by atomic mass is 35.5. The summed E-state index contributed by atoms with van der Waals surface area (Å²) in [7, 11) is 1.42. The molecule has 0 aromatic heterocycles. The Kier molecular flexibility index (Phi) is 8.89. The van der Waals surface area contributed by atoms with Gasteiger partial charge in [0.2, 0.25) is 0 Å². The Balaban J connectivity index is 1.80. The average molecular weight is 571 g/mol. The molecular formula is C30H35ClN2O5S. The van der Waals surface area contributed by atoms with Gasteiger partial charge in [0.05, 0.1) is 23.3 Å². The normalized spacial score (nSPS) is 15.1. The van der Waals surface area contributed by atoms with Crippen molar-refractivity contribution in [3.05, 3.63) is 87.9 Å². The summed E-state index contributed by atoms with van der Waals surface area (Å²) in [4.78, 5) is 15.3. The van der Waals surface area contributed by atoms with Gasteiger partial charge in [0.25, 0.3) is 10.0 Å². The zero-order valence-corrected chi connectivity index (χ0v) is 24.4. The van der Waals surface area contributed by atoms with Crippen LogP contribution in [0.4, 0.5) is 5.69 Å². The first-order valence-corrected chi connectivity index (χ1v) is 14.8. The molecule has 208 valence electrons. The van der Waals surface area contributed by atoms with Crippen LogP contribution in [0.15, 0.2) is 65.6 Å². The number of sulfonamides is 1. The van der Waals surface area contributed by atoms with Gasteiger partial charge in [-0.1, -0.05) is 48.4 Å². The average Bonchev–Trinajstić information content (AvgIpc) is 2.91. The van der Waals surface area contributed by atoms with Crippen molar-refractivity contribution in [3.8, 4) is 5.75 Å². The van der Waals surface area contributed by atoms with Crippen LogP contribution in [-0.4, -0.2) is 40.5 Å². The van der Waals surface area contributed by atoms with Gasteiger partial charge in [-0.05, 0) is 82.6 Å². The van der Waals surface area contributed by atoms with Crippen LogP contribution in [0.1, 0.15) is 59.2 Å². The lowest BCUT2D eigenvalue weighted by Crippen LogP contribution is -2.36. The number of aryl methyl sites for hydroxylation is 1. The number of halogens is 1. The molecule has 0 spiro atoms. The number of methoxy groups -OCH3 is 1. The van der Waals surface area contributed by atoms with E-state index in [-0.39, 0.29) is 10.9 Å². The summed E-state index contributed by atoms with van der Waals surface area (Å²) in [5, 5.41) is 0.368. The fourth-order valence-electron chi connectivity index (χ4n) is 5.15. The van der Waals surface area contributed by atoms with Gasteiger partial charge in [-0.3, -0.25) is 4.72 Å². The number of carbonyl (C=O) groups excluding carboxylic acids is 1. The Morgan fingerprint density at radius 1 is 1.03 bits per heavy atom. The second kappa shape index (κ2) is 12.0. The van der Waals surface area contributed by atoms with Crippen LogP contribution in [0.3, 0.4) is 0 Å². The van der Waals surface area contributed by atoms with Crippen molar-refractivity contribution in [1.29, 1.82) is 0 Å². The number of ether oxygens (including phenoxy) is 2. The predicted molar refractivity (Wildman–Crippen MR) is 154 cm³/mol. The molecule has 1 saturated carbocycles. The molecule has 9 heteroatoms. The monoisotopic (exact) mass is 570 g/mol. The van der Waals surface area contributed by atoms with Gasteiger partial charge in [0.1, 0.15) is 11.4 Å². The second-order valence-corrected chi connectivity index (χ2v) is 12.3. The van der Waals surface area contributed by atoms with Crippen molar-refractivity contribution in [1.82, 2.24) is 4.90 Å². The summed E-state index contributed by atoms with van der Waals surface area (Å²) in [6.45, 7) is 2.27. The van der Waals surface area contributed by atoms with Gasteiger partial charge in [0, 0.05) is 22.7 Å². The Bertz CT molecular complexity index is 1440. The maximum absolute atomic E-state index is 13.3. The predicted octanol–water partition coefficient (Wildman–Crippen LogP) is 6.54. The van der Waals surface area contributed by atoms with Crippen LogP contribution < -0.4 is 9.46 Å². The van der Waals surface area contributed by atoms with E-state index in [4.69, 9.17) is 21.1 Å². The molecule has 0 atom stereocenters. The van der Waals surface area contributed by atoms with E-state index >= 15 is 0 Å². The van der Waals surface area contributed by atoms with E-state index < -0.39 is 15.6 Å². The molecule has 0 amide bonds. The molecule has 0 aliphatic heterocycles. The first-order chi connectivity index (χ1) is 18.6. The molecule has 0 saturated heterocycles. The first kappa shape index (κ1) is 28.9. The number of benzene rings is 3. The zero-order chi connectivity index (χ0) is 28.2. The van der Waals surface area contributed by atoms with Crippen LogP contribution in [-0.2, 0) is 26.9 Å². The van der Waals surface area contributed by atoms with E-state index in [0.29, 0.717) is 41.4 Å². The van der Waals surface area contributed by atoms with Crippen LogP contribution in [0.5, 0.6) is 5.75 Å².